The lowest BCUT2D eigenvalue weighted by atomic mass is 9.93. The van der Waals surface area contributed by atoms with Gasteiger partial charge in [0.05, 0.1) is 19.3 Å². The lowest BCUT2D eigenvalue weighted by Gasteiger charge is -2.33. The summed E-state index contributed by atoms with van der Waals surface area (Å²) in [5, 5.41) is 0. The van der Waals surface area contributed by atoms with E-state index in [1.165, 1.54) is 0 Å². The van der Waals surface area contributed by atoms with Gasteiger partial charge in [0.25, 0.3) is 0 Å². The molecule has 2 heterocycles. The first-order valence-electron chi connectivity index (χ1n) is 9.11. The summed E-state index contributed by atoms with van der Waals surface area (Å²) < 4.78 is 5.47. The zero-order valence-corrected chi connectivity index (χ0v) is 15.8. The van der Waals surface area contributed by atoms with Gasteiger partial charge < -0.3 is 14.5 Å². The Morgan fingerprint density at radius 2 is 2.04 bits per heavy atom. The van der Waals surface area contributed by atoms with Gasteiger partial charge in [-0.3, -0.25) is 9.78 Å². The van der Waals surface area contributed by atoms with Gasteiger partial charge in [-0.25, -0.2) is 0 Å². The van der Waals surface area contributed by atoms with Gasteiger partial charge in [-0.1, -0.05) is 18.2 Å². The number of rotatable bonds is 5. The monoisotopic (exact) mass is 353 g/mol. The SMILES string of the molecule is COc1ccccc1-c1cccc([C@H]2CCCN(C(=O)CN(C)C)C2)n1. The Labute approximate surface area is 155 Å². The van der Waals surface area contributed by atoms with Crippen LogP contribution in [0.25, 0.3) is 11.3 Å². The van der Waals surface area contributed by atoms with Crippen molar-refractivity contribution in [3.8, 4) is 17.0 Å². The minimum absolute atomic E-state index is 0.195. The van der Waals surface area contributed by atoms with E-state index in [2.05, 4.69) is 6.07 Å². The highest BCUT2D eigenvalue weighted by molar-refractivity contribution is 5.78. The molecule has 3 rings (SSSR count). The molecule has 2 aromatic rings. The van der Waals surface area contributed by atoms with Crippen molar-refractivity contribution in [1.82, 2.24) is 14.8 Å². The first-order chi connectivity index (χ1) is 12.6. The number of pyridine rings is 1. The molecule has 0 bridgehead atoms. The van der Waals surface area contributed by atoms with Crippen LogP contribution < -0.4 is 4.74 Å². The Hall–Kier alpha value is -2.40. The number of methoxy groups -OCH3 is 1. The number of hydrogen-bond donors (Lipinski definition) is 0. The van der Waals surface area contributed by atoms with Gasteiger partial charge in [-0.2, -0.15) is 0 Å². The van der Waals surface area contributed by atoms with Gasteiger partial charge in [0.15, 0.2) is 0 Å². The fourth-order valence-electron chi connectivity index (χ4n) is 3.50. The molecule has 0 saturated carbocycles. The van der Waals surface area contributed by atoms with Crippen LogP contribution in [0.15, 0.2) is 42.5 Å². The number of aromatic nitrogens is 1. The molecule has 1 fully saturated rings. The van der Waals surface area contributed by atoms with Crippen LogP contribution in [0.3, 0.4) is 0 Å². The molecule has 0 unspecified atom stereocenters. The Bertz CT molecular complexity index is 760. The van der Waals surface area contributed by atoms with E-state index >= 15 is 0 Å². The average Bonchev–Trinajstić information content (AvgIpc) is 2.67. The standard InChI is InChI=1S/C21H27N3O2/c1-23(2)15-21(25)24-13-7-8-16(14-24)18-10-6-11-19(22-18)17-9-4-5-12-20(17)26-3/h4-6,9-12,16H,7-8,13-15H2,1-3H3/t16-/m0/s1. The molecule has 5 nitrogen and oxygen atoms in total. The summed E-state index contributed by atoms with van der Waals surface area (Å²) in [4.78, 5) is 21.2. The third-order valence-corrected chi connectivity index (χ3v) is 4.80. The van der Waals surface area contributed by atoms with E-state index in [4.69, 9.17) is 9.72 Å². The summed E-state index contributed by atoms with van der Waals surface area (Å²) in [5.41, 5.74) is 2.96. The maximum atomic E-state index is 12.4. The predicted octanol–water partition coefficient (Wildman–Crippen LogP) is 3.02. The second kappa shape index (κ2) is 8.32. The molecule has 1 saturated heterocycles. The predicted molar refractivity (Wildman–Crippen MR) is 103 cm³/mol. The number of benzene rings is 1. The molecular formula is C21H27N3O2. The smallest absolute Gasteiger partial charge is 0.236 e. The Morgan fingerprint density at radius 1 is 1.23 bits per heavy atom. The summed E-state index contributed by atoms with van der Waals surface area (Å²) in [6.45, 7) is 2.05. The third-order valence-electron chi connectivity index (χ3n) is 4.80. The van der Waals surface area contributed by atoms with Crippen LogP contribution in [0.2, 0.25) is 0 Å². The highest BCUT2D eigenvalue weighted by atomic mass is 16.5. The maximum absolute atomic E-state index is 12.4. The molecule has 138 valence electrons. The van der Waals surface area contributed by atoms with Crippen molar-refractivity contribution in [2.75, 3.05) is 40.8 Å². The molecule has 5 heteroatoms. The second-order valence-corrected chi connectivity index (χ2v) is 7.06. The molecule has 0 spiro atoms. The van der Waals surface area contributed by atoms with Crippen LogP contribution in [0.4, 0.5) is 0 Å². The van der Waals surface area contributed by atoms with Gasteiger partial charge in [-0.15, -0.1) is 0 Å². The fraction of sp³-hybridized carbons (Fsp3) is 0.429. The highest BCUT2D eigenvalue weighted by Gasteiger charge is 2.26. The summed E-state index contributed by atoms with van der Waals surface area (Å²) in [6, 6.07) is 14.1. The van der Waals surface area contributed by atoms with Gasteiger partial charge in [0.1, 0.15) is 5.75 Å². The molecule has 1 aromatic heterocycles. The van der Waals surface area contributed by atoms with Crippen molar-refractivity contribution < 1.29 is 9.53 Å². The molecular weight excluding hydrogens is 326 g/mol. The van der Waals surface area contributed by atoms with Crippen molar-refractivity contribution in [3.05, 3.63) is 48.2 Å². The number of para-hydroxylation sites is 1. The lowest BCUT2D eigenvalue weighted by Crippen LogP contribution is -2.43. The van der Waals surface area contributed by atoms with Gasteiger partial charge >= 0.3 is 0 Å². The molecule has 0 radical (unpaired) electrons. The van der Waals surface area contributed by atoms with Crippen LogP contribution in [-0.4, -0.2) is 61.5 Å². The molecule has 1 aliphatic rings. The fourth-order valence-corrected chi connectivity index (χ4v) is 3.50. The second-order valence-electron chi connectivity index (χ2n) is 7.06. The van der Waals surface area contributed by atoms with Crippen LogP contribution >= 0.6 is 0 Å². The van der Waals surface area contributed by atoms with Crippen molar-refractivity contribution in [3.63, 3.8) is 0 Å². The van der Waals surface area contributed by atoms with Crippen LogP contribution in [0.5, 0.6) is 5.75 Å². The lowest BCUT2D eigenvalue weighted by molar-refractivity contribution is -0.133. The van der Waals surface area contributed by atoms with E-state index in [1.54, 1.807) is 7.11 Å². The maximum Gasteiger partial charge on any atom is 0.236 e. The topological polar surface area (TPSA) is 45.7 Å². The van der Waals surface area contributed by atoms with Crippen molar-refractivity contribution >= 4 is 5.91 Å². The number of ether oxygens (including phenoxy) is 1. The zero-order valence-electron chi connectivity index (χ0n) is 15.8. The number of hydrogen-bond acceptors (Lipinski definition) is 4. The van der Waals surface area contributed by atoms with E-state index < -0.39 is 0 Å². The van der Waals surface area contributed by atoms with Crippen LogP contribution in [-0.2, 0) is 4.79 Å². The van der Waals surface area contributed by atoms with E-state index in [0.717, 1.165) is 48.6 Å². The summed E-state index contributed by atoms with van der Waals surface area (Å²) >= 11 is 0. The minimum Gasteiger partial charge on any atom is -0.496 e. The number of amides is 1. The number of carbonyl (C=O) groups excluding carboxylic acids is 1. The average molecular weight is 353 g/mol. The van der Waals surface area contributed by atoms with Crippen LogP contribution in [0, 0.1) is 0 Å². The number of likely N-dealkylation sites (N-methyl/N-ethyl adjacent to an activating group) is 1. The van der Waals surface area contributed by atoms with E-state index in [9.17, 15) is 4.79 Å². The molecule has 1 amide bonds. The minimum atomic E-state index is 0.195. The van der Waals surface area contributed by atoms with Crippen LogP contribution in [0.1, 0.15) is 24.5 Å². The summed E-state index contributed by atoms with van der Waals surface area (Å²) in [5.74, 6) is 1.30. The number of carbonyl (C=O) groups is 1. The molecule has 0 aliphatic carbocycles. The van der Waals surface area contributed by atoms with E-state index in [-0.39, 0.29) is 11.8 Å². The molecule has 26 heavy (non-hydrogen) atoms. The van der Waals surface area contributed by atoms with Crippen molar-refractivity contribution in [2.24, 2.45) is 0 Å². The largest absolute Gasteiger partial charge is 0.496 e. The molecule has 1 aromatic carbocycles. The molecule has 1 atom stereocenters. The normalized spacial score (nSPS) is 17.4. The van der Waals surface area contributed by atoms with E-state index in [1.807, 2.05) is 60.3 Å². The van der Waals surface area contributed by atoms with Gasteiger partial charge in [0.2, 0.25) is 5.91 Å². The number of piperidine rings is 1. The Morgan fingerprint density at radius 3 is 2.81 bits per heavy atom. The number of nitrogens with zero attached hydrogens (tertiary/aromatic N) is 3. The third kappa shape index (κ3) is 4.22. The summed E-state index contributed by atoms with van der Waals surface area (Å²) in [6.07, 6.45) is 2.08. The molecule has 1 aliphatic heterocycles. The number of likely N-dealkylation sites (tertiary alicyclic amines) is 1. The first-order valence-corrected chi connectivity index (χ1v) is 9.11. The van der Waals surface area contributed by atoms with Gasteiger partial charge in [-0.05, 0) is 51.2 Å². The summed E-state index contributed by atoms with van der Waals surface area (Å²) in [7, 11) is 5.53. The zero-order chi connectivity index (χ0) is 18.5. The van der Waals surface area contributed by atoms with Gasteiger partial charge in [0, 0.05) is 30.3 Å². The molecule has 0 N–H and O–H groups in total. The highest BCUT2D eigenvalue weighted by Crippen LogP contribution is 2.31. The van der Waals surface area contributed by atoms with E-state index in [0.29, 0.717) is 6.54 Å². The Balaban J connectivity index is 1.80. The quantitative estimate of drug-likeness (QED) is 0.829. The van der Waals surface area contributed by atoms with Crippen molar-refractivity contribution in [1.29, 1.82) is 0 Å². The first kappa shape index (κ1) is 18.4. The van der Waals surface area contributed by atoms with Crippen molar-refractivity contribution in [2.45, 2.75) is 18.8 Å². The Kier molecular flexibility index (Phi) is 5.89.